The Morgan fingerprint density at radius 3 is 2.79 bits per heavy atom. The normalized spacial score (nSPS) is 20.9. The summed E-state index contributed by atoms with van der Waals surface area (Å²) in [7, 11) is 1.66. The molecule has 2 aromatic rings. The molecule has 0 spiro atoms. The van der Waals surface area contributed by atoms with Crippen molar-refractivity contribution in [3.05, 3.63) is 47.3 Å². The van der Waals surface area contributed by atoms with Gasteiger partial charge in [0.05, 0.1) is 24.6 Å². The predicted octanol–water partition coefficient (Wildman–Crippen LogP) is 4.02. The Hall–Kier alpha value is -2.25. The van der Waals surface area contributed by atoms with E-state index in [-0.39, 0.29) is 0 Å². The number of benzene rings is 1. The minimum atomic E-state index is 0.335. The fourth-order valence-electron chi connectivity index (χ4n) is 3.65. The fraction of sp³-hybridized carbons (Fsp3) is 0.429. The number of aromatic nitrogens is 1. The molecule has 6 nitrogen and oxygen atoms in total. The van der Waals surface area contributed by atoms with E-state index in [4.69, 9.17) is 9.47 Å². The van der Waals surface area contributed by atoms with Crippen molar-refractivity contribution in [3.63, 3.8) is 0 Å². The number of aliphatic imine (C=N–C) groups is 1. The van der Waals surface area contributed by atoms with Crippen LogP contribution in [0, 0.1) is 13.8 Å². The number of hydrogen-bond acceptors (Lipinski definition) is 5. The number of amidine groups is 1. The maximum atomic E-state index is 5.82. The van der Waals surface area contributed by atoms with Crippen LogP contribution in [0.3, 0.4) is 0 Å². The minimum absolute atomic E-state index is 0.335. The Morgan fingerprint density at radius 2 is 2.14 bits per heavy atom. The lowest BCUT2D eigenvalue weighted by Gasteiger charge is -2.17. The largest absolute Gasteiger partial charge is 0.497 e. The highest BCUT2D eigenvalue weighted by atomic mass is 32.2. The average Bonchev–Trinajstić information content (AvgIpc) is 3.33. The second kappa shape index (κ2) is 8.41. The quantitative estimate of drug-likeness (QED) is 0.826. The zero-order valence-electron chi connectivity index (χ0n) is 16.6. The van der Waals surface area contributed by atoms with Crippen molar-refractivity contribution in [2.75, 3.05) is 19.5 Å². The van der Waals surface area contributed by atoms with Crippen LogP contribution in [0.25, 0.3) is 0 Å². The number of nitrogens with zero attached hydrogens (tertiary/aromatic N) is 3. The summed E-state index contributed by atoms with van der Waals surface area (Å²) in [6.45, 7) is 6.15. The maximum Gasteiger partial charge on any atom is 0.182 e. The second-order valence-electron chi connectivity index (χ2n) is 7.10. The van der Waals surface area contributed by atoms with Gasteiger partial charge in [-0.15, -0.1) is 0 Å². The van der Waals surface area contributed by atoms with E-state index in [9.17, 15) is 0 Å². The first-order valence-corrected chi connectivity index (χ1v) is 10.6. The number of hydrazone groups is 1. The van der Waals surface area contributed by atoms with Crippen LogP contribution in [0.2, 0.25) is 0 Å². The molecule has 2 aliphatic heterocycles. The first-order valence-electron chi connectivity index (χ1n) is 9.61. The number of ether oxygens (including phenoxy) is 2. The third-order valence-corrected chi connectivity index (χ3v) is 6.10. The Balaban J connectivity index is 1.48. The molecule has 1 fully saturated rings. The van der Waals surface area contributed by atoms with Crippen LogP contribution >= 0.6 is 11.8 Å². The molecule has 1 aromatic heterocycles. The van der Waals surface area contributed by atoms with E-state index >= 15 is 0 Å². The molecule has 148 valence electrons. The summed E-state index contributed by atoms with van der Waals surface area (Å²) >= 11 is 1.67. The predicted molar refractivity (Wildman–Crippen MR) is 115 cm³/mol. The van der Waals surface area contributed by atoms with Crippen LogP contribution in [0.15, 0.2) is 40.4 Å². The molecule has 1 aromatic carbocycles. The molecule has 4 rings (SSSR count). The molecule has 3 heterocycles. The third kappa shape index (κ3) is 4.10. The van der Waals surface area contributed by atoms with Gasteiger partial charge in [0.2, 0.25) is 0 Å². The molecule has 0 amide bonds. The summed E-state index contributed by atoms with van der Waals surface area (Å²) in [5, 5.41) is 5.41. The van der Waals surface area contributed by atoms with Crippen molar-refractivity contribution in [1.82, 2.24) is 9.99 Å². The zero-order chi connectivity index (χ0) is 19.5. The van der Waals surface area contributed by atoms with Gasteiger partial charge in [-0.1, -0.05) is 11.8 Å². The first kappa shape index (κ1) is 19.1. The Labute approximate surface area is 170 Å². The first-order chi connectivity index (χ1) is 13.6. The van der Waals surface area contributed by atoms with Gasteiger partial charge >= 0.3 is 0 Å². The highest BCUT2D eigenvalue weighted by Gasteiger charge is 2.22. The number of aryl methyl sites for hydroxylation is 1. The molecule has 7 heteroatoms. The lowest BCUT2D eigenvalue weighted by atomic mass is 10.1. The van der Waals surface area contributed by atoms with E-state index in [0.29, 0.717) is 6.10 Å². The average molecular weight is 399 g/mol. The molecule has 0 unspecified atom stereocenters. The van der Waals surface area contributed by atoms with Crippen LogP contribution < -0.4 is 10.2 Å². The van der Waals surface area contributed by atoms with E-state index in [1.54, 1.807) is 18.9 Å². The van der Waals surface area contributed by atoms with Crippen molar-refractivity contribution in [2.45, 2.75) is 39.3 Å². The molecule has 1 saturated heterocycles. The zero-order valence-corrected chi connectivity index (χ0v) is 17.4. The van der Waals surface area contributed by atoms with E-state index in [1.807, 2.05) is 24.3 Å². The van der Waals surface area contributed by atoms with Crippen molar-refractivity contribution in [1.29, 1.82) is 0 Å². The van der Waals surface area contributed by atoms with Gasteiger partial charge in [-0.25, -0.2) is 4.99 Å². The SMILES string of the molecule is COc1ccc(N=C2NN=C(c3cc(C)n(C[C@@H]4CCCO4)c3C)CS2)cc1. The number of thioether (sulfide) groups is 1. The Kier molecular flexibility index (Phi) is 5.73. The summed E-state index contributed by atoms with van der Waals surface area (Å²) in [5.41, 5.74) is 8.77. The summed E-state index contributed by atoms with van der Waals surface area (Å²) in [4.78, 5) is 4.62. The topological polar surface area (TPSA) is 60.1 Å². The van der Waals surface area contributed by atoms with Gasteiger partial charge < -0.3 is 14.0 Å². The molecule has 1 atom stereocenters. The smallest absolute Gasteiger partial charge is 0.182 e. The number of hydrogen-bond donors (Lipinski definition) is 1. The van der Waals surface area contributed by atoms with Crippen molar-refractivity contribution in [3.8, 4) is 5.75 Å². The summed E-state index contributed by atoms with van der Waals surface area (Å²) in [6.07, 6.45) is 2.65. The molecular formula is C21H26N4O2S. The Bertz CT molecular complexity index is 896. The van der Waals surface area contributed by atoms with E-state index in [2.05, 4.69) is 40.0 Å². The highest BCUT2D eigenvalue weighted by molar-refractivity contribution is 8.14. The van der Waals surface area contributed by atoms with Crippen LogP contribution in [0.4, 0.5) is 5.69 Å². The molecule has 2 aliphatic rings. The molecule has 28 heavy (non-hydrogen) atoms. The van der Waals surface area contributed by atoms with Gasteiger partial charge in [-0.3, -0.25) is 5.43 Å². The number of rotatable bonds is 5. The van der Waals surface area contributed by atoms with Gasteiger partial charge in [-0.05, 0) is 57.0 Å². The summed E-state index contributed by atoms with van der Waals surface area (Å²) < 4.78 is 13.4. The van der Waals surface area contributed by atoms with E-state index in [0.717, 1.165) is 47.6 Å². The molecule has 0 radical (unpaired) electrons. The van der Waals surface area contributed by atoms with Crippen molar-refractivity contribution in [2.24, 2.45) is 10.1 Å². The lowest BCUT2D eigenvalue weighted by Crippen LogP contribution is -2.25. The van der Waals surface area contributed by atoms with Gasteiger partial charge in [0.25, 0.3) is 0 Å². The van der Waals surface area contributed by atoms with Gasteiger partial charge in [-0.2, -0.15) is 5.10 Å². The molecule has 0 saturated carbocycles. The molecule has 0 bridgehead atoms. The van der Waals surface area contributed by atoms with Crippen LogP contribution in [-0.4, -0.2) is 41.0 Å². The van der Waals surface area contributed by atoms with Gasteiger partial charge in [0, 0.05) is 35.9 Å². The fourth-order valence-corrected chi connectivity index (χ4v) is 4.43. The van der Waals surface area contributed by atoms with Crippen LogP contribution in [0.1, 0.15) is 29.8 Å². The third-order valence-electron chi connectivity index (χ3n) is 5.23. The number of methoxy groups -OCH3 is 1. The van der Waals surface area contributed by atoms with Crippen molar-refractivity contribution < 1.29 is 9.47 Å². The molecule has 0 aliphatic carbocycles. The maximum absolute atomic E-state index is 5.82. The standard InChI is InChI=1S/C21H26N4O2S/c1-14-11-19(15(2)25(14)12-18-5-4-10-27-18)20-13-28-21(24-23-20)22-16-6-8-17(26-3)9-7-16/h6-9,11,18H,4-5,10,12-13H2,1-3H3,(H,22,24)/t18-/m0/s1. The summed E-state index contributed by atoms with van der Waals surface area (Å²) in [5.74, 6) is 1.62. The minimum Gasteiger partial charge on any atom is -0.497 e. The highest BCUT2D eigenvalue weighted by Crippen LogP contribution is 2.24. The van der Waals surface area contributed by atoms with Crippen LogP contribution in [-0.2, 0) is 11.3 Å². The second-order valence-corrected chi connectivity index (χ2v) is 8.07. The van der Waals surface area contributed by atoms with Crippen molar-refractivity contribution >= 4 is 28.3 Å². The van der Waals surface area contributed by atoms with E-state index < -0.39 is 0 Å². The lowest BCUT2D eigenvalue weighted by molar-refractivity contribution is 0.0962. The monoisotopic (exact) mass is 398 g/mol. The van der Waals surface area contributed by atoms with E-state index in [1.165, 1.54) is 23.4 Å². The number of nitrogens with one attached hydrogen (secondary N) is 1. The summed E-state index contributed by atoms with van der Waals surface area (Å²) in [6, 6.07) is 9.92. The Morgan fingerprint density at radius 1 is 1.32 bits per heavy atom. The van der Waals surface area contributed by atoms with Crippen LogP contribution in [0.5, 0.6) is 5.75 Å². The van der Waals surface area contributed by atoms with Gasteiger partial charge in [0.1, 0.15) is 5.75 Å². The molecular weight excluding hydrogens is 372 g/mol. The van der Waals surface area contributed by atoms with Gasteiger partial charge in [0.15, 0.2) is 5.17 Å². The molecule has 1 N–H and O–H groups in total.